The summed E-state index contributed by atoms with van der Waals surface area (Å²) in [5.41, 5.74) is 5.38. The third-order valence-electron chi connectivity index (χ3n) is 3.38. The quantitative estimate of drug-likeness (QED) is 0.408. The average Bonchev–Trinajstić information content (AvgIpc) is 2.49. The lowest BCUT2D eigenvalue weighted by Gasteiger charge is -2.19. The van der Waals surface area contributed by atoms with Crippen molar-refractivity contribution in [2.75, 3.05) is 31.9 Å². The number of benzene rings is 1. The Morgan fingerprint density at radius 2 is 1.76 bits per heavy atom. The molecule has 0 unspecified atom stereocenters. The average molecular weight is 385 g/mol. The summed E-state index contributed by atoms with van der Waals surface area (Å²) >= 11 is -0.692. The predicted molar refractivity (Wildman–Crippen MR) is 87.8 cm³/mol. The molecule has 3 N–H and O–H groups in total. The number of nitrogen functional groups attached to an aromatic ring is 1. The highest BCUT2D eigenvalue weighted by atomic mass is 32.2. The lowest BCUT2D eigenvalue weighted by atomic mass is 10.2. The molecule has 4 nitrogen and oxygen atoms in total. The van der Waals surface area contributed by atoms with Crippen molar-refractivity contribution in [3.05, 3.63) is 23.8 Å². The minimum Gasteiger partial charge on any atom is -0.399 e. The molecule has 0 fully saturated rings. The van der Waals surface area contributed by atoms with E-state index in [-0.39, 0.29) is 11.3 Å². The summed E-state index contributed by atoms with van der Waals surface area (Å²) in [7, 11) is 0. The number of hydrogen-bond donors (Lipinski definition) is 2. The zero-order valence-corrected chi connectivity index (χ0v) is 14.6. The first-order chi connectivity index (χ1) is 11.5. The highest BCUT2D eigenvalue weighted by Crippen LogP contribution is 2.47. The van der Waals surface area contributed by atoms with Crippen LogP contribution in [0.3, 0.4) is 0 Å². The Bertz CT molecular complexity index is 591. The number of nitrogens with one attached hydrogen (secondary N) is 1. The van der Waals surface area contributed by atoms with Crippen molar-refractivity contribution in [1.29, 1.82) is 0 Å². The molecule has 0 atom stereocenters. The molecule has 0 radical (unpaired) electrons. The molecule has 1 amide bonds. The largest absolute Gasteiger partial charge is 0.464 e. The number of nitrogens with two attached hydrogens (primary N) is 1. The van der Waals surface area contributed by atoms with Gasteiger partial charge in [0, 0.05) is 29.2 Å². The zero-order chi connectivity index (χ0) is 19.3. The molecule has 0 spiro atoms. The van der Waals surface area contributed by atoms with Crippen molar-refractivity contribution in [2.45, 2.75) is 30.2 Å². The van der Waals surface area contributed by atoms with E-state index in [4.69, 9.17) is 5.73 Å². The van der Waals surface area contributed by atoms with Gasteiger partial charge in [-0.15, -0.1) is 0 Å². The molecule has 1 rings (SSSR count). The van der Waals surface area contributed by atoms with E-state index < -0.39 is 34.0 Å². The standard InChI is InChI=1S/C15H20F5N3OS/c1-3-23(4-2)6-5-22-13(24)10-7-11(21)9-12(8-10)25-15(19,20)14(16,17)18/h7-9H,3-6,21H2,1-2H3,(H,22,24). The second-order valence-electron chi connectivity index (χ2n) is 5.19. The van der Waals surface area contributed by atoms with Gasteiger partial charge in [-0.3, -0.25) is 4.79 Å². The van der Waals surface area contributed by atoms with Crippen LogP contribution in [-0.2, 0) is 0 Å². The van der Waals surface area contributed by atoms with Gasteiger partial charge in [-0.1, -0.05) is 13.8 Å². The smallest absolute Gasteiger partial charge is 0.399 e. The highest BCUT2D eigenvalue weighted by Gasteiger charge is 2.58. The van der Waals surface area contributed by atoms with Crippen LogP contribution >= 0.6 is 11.8 Å². The van der Waals surface area contributed by atoms with Crippen molar-refractivity contribution in [3.63, 3.8) is 0 Å². The molecule has 25 heavy (non-hydrogen) atoms. The summed E-state index contributed by atoms with van der Waals surface area (Å²) in [5.74, 6) is -0.586. The second kappa shape index (κ2) is 8.70. The molecule has 0 bridgehead atoms. The number of amides is 1. The van der Waals surface area contributed by atoms with Crippen LogP contribution in [0.1, 0.15) is 24.2 Å². The van der Waals surface area contributed by atoms with Gasteiger partial charge in [0.1, 0.15) is 0 Å². The molecule has 0 saturated carbocycles. The number of halogens is 5. The monoisotopic (exact) mass is 385 g/mol. The maximum Gasteiger partial charge on any atom is 0.464 e. The summed E-state index contributed by atoms with van der Waals surface area (Å²) in [4.78, 5) is 13.7. The lowest BCUT2D eigenvalue weighted by molar-refractivity contribution is -0.237. The fraction of sp³-hybridized carbons (Fsp3) is 0.533. The first kappa shape index (κ1) is 21.5. The fourth-order valence-electron chi connectivity index (χ4n) is 1.99. The molecule has 0 aromatic heterocycles. The van der Waals surface area contributed by atoms with Crippen LogP contribution in [0, 0.1) is 0 Å². The number of alkyl halides is 5. The summed E-state index contributed by atoms with van der Waals surface area (Å²) in [5, 5.41) is -2.38. The Morgan fingerprint density at radius 3 is 2.28 bits per heavy atom. The molecule has 0 aliphatic carbocycles. The van der Waals surface area contributed by atoms with Gasteiger partial charge in [0.2, 0.25) is 0 Å². The van der Waals surface area contributed by atoms with Gasteiger partial charge in [0.05, 0.1) is 0 Å². The number of hydrogen-bond acceptors (Lipinski definition) is 4. The molecule has 1 aromatic carbocycles. The molecule has 0 heterocycles. The number of thioether (sulfide) groups is 1. The van der Waals surface area contributed by atoms with Crippen LogP contribution in [-0.4, -0.2) is 48.4 Å². The van der Waals surface area contributed by atoms with Crippen LogP contribution < -0.4 is 11.1 Å². The van der Waals surface area contributed by atoms with Crippen molar-refractivity contribution < 1.29 is 26.7 Å². The van der Waals surface area contributed by atoms with Crippen molar-refractivity contribution in [1.82, 2.24) is 10.2 Å². The first-order valence-corrected chi connectivity index (χ1v) is 8.36. The lowest BCUT2D eigenvalue weighted by Crippen LogP contribution is -2.35. The maximum absolute atomic E-state index is 13.1. The number of likely N-dealkylation sites (N-methyl/N-ethyl adjacent to an activating group) is 1. The zero-order valence-electron chi connectivity index (χ0n) is 13.8. The number of rotatable bonds is 8. The molecule has 1 aromatic rings. The van der Waals surface area contributed by atoms with Crippen molar-refractivity contribution >= 4 is 23.4 Å². The van der Waals surface area contributed by atoms with E-state index in [9.17, 15) is 26.7 Å². The van der Waals surface area contributed by atoms with E-state index >= 15 is 0 Å². The topological polar surface area (TPSA) is 58.4 Å². The van der Waals surface area contributed by atoms with Crippen LogP contribution in [0.15, 0.2) is 23.1 Å². The molecule has 0 saturated heterocycles. The van der Waals surface area contributed by atoms with E-state index in [1.54, 1.807) is 0 Å². The van der Waals surface area contributed by atoms with Crippen molar-refractivity contribution in [3.8, 4) is 0 Å². The van der Waals surface area contributed by atoms with Gasteiger partial charge in [-0.2, -0.15) is 22.0 Å². The third kappa shape index (κ3) is 6.35. The second-order valence-corrected chi connectivity index (χ2v) is 6.38. The molecular weight excluding hydrogens is 365 g/mol. The number of anilines is 1. The fourth-order valence-corrected chi connectivity index (χ4v) is 2.78. The van der Waals surface area contributed by atoms with E-state index in [2.05, 4.69) is 10.2 Å². The summed E-state index contributed by atoms with van der Waals surface area (Å²) < 4.78 is 63.2. The maximum atomic E-state index is 13.1. The van der Waals surface area contributed by atoms with Crippen LogP contribution in [0.2, 0.25) is 0 Å². The number of carbonyl (C=O) groups excluding carboxylic acids is 1. The Morgan fingerprint density at radius 1 is 1.16 bits per heavy atom. The highest BCUT2D eigenvalue weighted by molar-refractivity contribution is 8.00. The Labute approximate surface area is 146 Å². The normalized spacial score (nSPS) is 12.5. The number of carbonyl (C=O) groups is 1. The Balaban J connectivity index is 2.82. The van der Waals surface area contributed by atoms with Gasteiger partial charge in [-0.25, -0.2) is 0 Å². The molecule has 0 aliphatic heterocycles. The van der Waals surface area contributed by atoms with E-state index in [0.717, 1.165) is 25.2 Å². The Hall–Kier alpha value is -1.55. The van der Waals surface area contributed by atoms with Crippen molar-refractivity contribution in [2.24, 2.45) is 0 Å². The Kier molecular flexibility index (Phi) is 7.48. The van der Waals surface area contributed by atoms with Gasteiger partial charge in [0.25, 0.3) is 5.91 Å². The molecule has 10 heteroatoms. The summed E-state index contributed by atoms with van der Waals surface area (Å²) in [6.07, 6.45) is -5.70. The SMILES string of the molecule is CCN(CC)CCNC(=O)c1cc(N)cc(SC(F)(F)C(F)(F)F)c1. The minimum absolute atomic E-state index is 0.0694. The third-order valence-corrected chi connectivity index (χ3v) is 4.33. The van der Waals surface area contributed by atoms with Crippen LogP contribution in [0.4, 0.5) is 27.6 Å². The molecule has 142 valence electrons. The van der Waals surface area contributed by atoms with Crippen LogP contribution in [0.5, 0.6) is 0 Å². The van der Waals surface area contributed by atoms with E-state index in [1.165, 1.54) is 6.07 Å². The van der Waals surface area contributed by atoms with Gasteiger partial charge in [-0.05, 0) is 43.1 Å². The van der Waals surface area contributed by atoms with Gasteiger partial charge >= 0.3 is 11.4 Å². The number of nitrogens with zero attached hydrogens (tertiary/aromatic N) is 1. The van der Waals surface area contributed by atoms with Gasteiger partial charge in [0.15, 0.2) is 0 Å². The summed E-state index contributed by atoms with van der Waals surface area (Å²) in [6.45, 7) is 6.45. The summed E-state index contributed by atoms with van der Waals surface area (Å²) in [6, 6.07) is 3.16. The molecular formula is C15H20F5N3OS. The minimum atomic E-state index is -5.70. The van der Waals surface area contributed by atoms with Crippen LogP contribution in [0.25, 0.3) is 0 Å². The van der Waals surface area contributed by atoms with E-state index in [1.807, 2.05) is 13.8 Å². The first-order valence-electron chi connectivity index (χ1n) is 7.54. The molecule has 0 aliphatic rings. The van der Waals surface area contributed by atoms with E-state index in [0.29, 0.717) is 13.1 Å². The predicted octanol–water partition coefficient (Wildman–Crippen LogP) is 3.59. The van der Waals surface area contributed by atoms with Gasteiger partial charge < -0.3 is 16.0 Å².